The van der Waals surface area contributed by atoms with Crippen LogP contribution in [0.4, 0.5) is 4.79 Å². The third-order valence-corrected chi connectivity index (χ3v) is 5.81. The van der Waals surface area contributed by atoms with Crippen molar-refractivity contribution >= 4 is 33.8 Å². The zero-order valence-corrected chi connectivity index (χ0v) is 17.9. The first-order valence-corrected chi connectivity index (χ1v) is 10.7. The number of rotatable bonds is 4. The monoisotopic (exact) mass is 421 g/mol. The van der Waals surface area contributed by atoms with Crippen molar-refractivity contribution < 1.29 is 14.3 Å². The van der Waals surface area contributed by atoms with Gasteiger partial charge in [0.05, 0.1) is 17.6 Å². The van der Waals surface area contributed by atoms with Crippen LogP contribution in [-0.2, 0) is 16.1 Å². The molecule has 31 heavy (non-hydrogen) atoms. The second-order valence-corrected chi connectivity index (χ2v) is 7.98. The first kappa shape index (κ1) is 20.9. The Hall–Kier alpha value is -3.35. The number of benzene rings is 2. The van der Waals surface area contributed by atoms with Crippen molar-refractivity contribution in [1.82, 2.24) is 14.8 Å². The second-order valence-electron chi connectivity index (χ2n) is 7.98. The molecule has 1 aliphatic rings. The Morgan fingerprint density at radius 1 is 1.06 bits per heavy atom. The molecule has 4 rings (SSSR count). The van der Waals surface area contributed by atoms with Gasteiger partial charge in [-0.25, -0.2) is 4.79 Å². The number of nitrogens with one attached hydrogen (secondary N) is 1. The summed E-state index contributed by atoms with van der Waals surface area (Å²) in [5.41, 5.74) is 2.49. The molecule has 1 saturated heterocycles. The number of carbonyl (C=O) groups excluding carboxylic acids is 2. The summed E-state index contributed by atoms with van der Waals surface area (Å²) in [7, 11) is 0. The maximum absolute atomic E-state index is 13.0. The fraction of sp³-hybridized carbons (Fsp3) is 0.375. The molecule has 1 fully saturated rings. The van der Waals surface area contributed by atoms with Crippen LogP contribution in [0.1, 0.15) is 25.3 Å². The molecule has 7 heteroatoms. The minimum absolute atomic E-state index is 0.0114. The highest BCUT2D eigenvalue weighted by Crippen LogP contribution is 2.20. The van der Waals surface area contributed by atoms with Gasteiger partial charge in [-0.1, -0.05) is 23.8 Å². The van der Waals surface area contributed by atoms with Gasteiger partial charge in [0.1, 0.15) is 6.54 Å². The lowest BCUT2D eigenvalue weighted by molar-refractivity contribution is -0.122. The number of aryl methyl sites for hydroxylation is 1. The number of carbonyl (C=O) groups is 2. The largest absolute Gasteiger partial charge is 0.450 e. The Labute approximate surface area is 180 Å². The number of aromatic nitrogens is 1. The van der Waals surface area contributed by atoms with Gasteiger partial charge in [0, 0.05) is 29.9 Å². The van der Waals surface area contributed by atoms with Gasteiger partial charge in [-0.05, 0) is 51.0 Å². The lowest BCUT2D eigenvalue weighted by Crippen LogP contribution is -2.47. The Morgan fingerprint density at radius 2 is 1.77 bits per heavy atom. The van der Waals surface area contributed by atoms with Crippen molar-refractivity contribution in [3.63, 3.8) is 0 Å². The van der Waals surface area contributed by atoms with Crippen molar-refractivity contribution in [3.8, 4) is 0 Å². The van der Waals surface area contributed by atoms with Crippen molar-refractivity contribution in [1.29, 1.82) is 0 Å². The van der Waals surface area contributed by atoms with Gasteiger partial charge >= 0.3 is 6.09 Å². The lowest BCUT2D eigenvalue weighted by atomic mass is 10.1. The maximum Gasteiger partial charge on any atom is 0.409 e. The van der Waals surface area contributed by atoms with Crippen LogP contribution >= 0.6 is 0 Å². The van der Waals surface area contributed by atoms with E-state index in [1.54, 1.807) is 17.9 Å². The third-order valence-electron chi connectivity index (χ3n) is 5.81. The van der Waals surface area contributed by atoms with E-state index in [9.17, 15) is 14.4 Å². The predicted molar refractivity (Wildman–Crippen MR) is 120 cm³/mol. The van der Waals surface area contributed by atoms with Gasteiger partial charge in [0.15, 0.2) is 5.43 Å². The van der Waals surface area contributed by atoms with E-state index in [-0.39, 0.29) is 30.0 Å². The van der Waals surface area contributed by atoms with E-state index in [4.69, 9.17) is 4.74 Å². The van der Waals surface area contributed by atoms with E-state index < -0.39 is 0 Å². The standard InChI is InChI=1S/C24H27N3O4/c1-3-31-24(30)26-12-10-17(11-13-26)25-22(28)15-27-20-7-5-4-6-18(20)23(29)19-14-16(2)8-9-21(19)27/h4-9,14,17H,3,10-13,15H2,1-2H3,(H,25,28). The minimum atomic E-state index is -0.297. The van der Waals surface area contributed by atoms with Crippen molar-refractivity contribution in [2.24, 2.45) is 0 Å². The molecule has 0 bridgehead atoms. The summed E-state index contributed by atoms with van der Waals surface area (Å²) in [6.07, 6.45) is 1.08. The number of amides is 2. The van der Waals surface area contributed by atoms with Crippen molar-refractivity contribution in [3.05, 3.63) is 58.3 Å². The highest BCUT2D eigenvalue weighted by Gasteiger charge is 2.25. The summed E-state index contributed by atoms with van der Waals surface area (Å²) in [6, 6.07) is 13.1. The van der Waals surface area contributed by atoms with Gasteiger partial charge in [-0.15, -0.1) is 0 Å². The van der Waals surface area contributed by atoms with Crippen LogP contribution in [0.15, 0.2) is 47.3 Å². The molecule has 0 radical (unpaired) electrons. The van der Waals surface area contributed by atoms with Crippen molar-refractivity contribution in [2.75, 3.05) is 19.7 Å². The fourth-order valence-corrected chi connectivity index (χ4v) is 4.25. The smallest absolute Gasteiger partial charge is 0.409 e. The number of ether oxygens (including phenoxy) is 1. The average Bonchev–Trinajstić information content (AvgIpc) is 2.77. The van der Waals surface area contributed by atoms with Gasteiger partial charge in [-0.2, -0.15) is 0 Å². The second kappa shape index (κ2) is 8.79. The molecule has 0 atom stereocenters. The molecule has 2 aromatic carbocycles. The average molecular weight is 421 g/mol. The van der Waals surface area contributed by atoms with Gasteiger partial charge in [0.2, 0.25) is 5.91 Å². The van der Waals surface area contributed by atoms with Crippen LogP contribution < -0.4 is 10.7 Å². The number of fused-ring (bicyclic) bond motifs is 2. The Morgan fingerprint density at radius 3 is 2.52 bits per heavy atom. The van der Waals surface area contributed by atoms with E-state index >= 15 is 0 Å². The summed E-state index contributed by atoms with van der Waals surface area (Å²) < 4.78 is 6.96. The fourth-order valence-electron chi connectivity index (χ4n) is 4.25. The van der Waals surface area contributed by atoms with Crippen LogP contribution in [0.25, 0.3) is 21.8 Å². The first-order chi connectivity index (χ1) is 15.0. The number of piperidine rings is 1. The van der Waals surface area contributed by atoms with E-state index in [1.807, 2.05) is 47.9 Å². The first-order valence-electron chi connectivity index (χ1n) is 10.7. The van der Waals surface area contributed by atoms with Gasteiger partial charge in [0.25, 0.3) is 0 Å². The molecule has 1 N–H and O–H groups in total. The molecule has 0 saturated carbocycles. The number of nitrogens with zero attached hydrogens (tertiary/aromatic N) is 2. The molecule has 0 unspecified atom stereocenters. The zero-order chi connectivity index (χ0) is 22.0. The normalized spacial score (nSPS) is 14.7. The molecule has 1 aliphatic heterocycles. The van der Waals surface area contributed by atoms with E-state index in [0.29, 0.717) is 43.3 Å². The number of para-hydroxylation sites is 1. The maximum atomic E-state index is 13.0. The van der Waals surface area contributed by atoms with E-state index in [2.05, 4.69) is 5.32 Å². The van der Waals surface area contributed by atoms with Gasteiger partial charge < -0.3 is 19.5 Å². The Bertz CT molecular complexity index is 1190. The summed E-state index contributed by atoms with van der Waals surface area (Å²) >= 11 is 0. The van der Waals surface area contributed by atoms with Crippen LogP contribution in [0, 0.1) is 6.92 Å². The molecule has 0 aliphatic carbocycles. The van der Waals surface area contributed by atoms with Crippen LogP contribution in [0.5, 0.6) is 0 Å². The molecular weight excluding hydrogens is 394 g/mol. The zero-order valence-electron chi connectivity index (χ0n) is 17.9. The van der Waals surface area contributed by atoms with Crippen LogP contribution in [0.2, 0.25) is 0 Å². The minimum Gasteiger partial charge on any atom is -0.450 e. The number of pyridine rings is 1. The lowest BCUT2D eigenvalue weighted by Gasteiger charge is -2.31. The summed E-state index contributed by atoms with van der Waals surface area (Å²) in [5, 5.41) is 4.32. The molecule has 0 spiro atoms. The van der Waals surface area contributed by atoms with Crippen LogP contribution in [0.3, 0.4) is 0 Å². The van der Waals surface area contributed by atoms with Crippen LogP contribution in [-0.4, -0.2) is 47.2 Å². The summed E-state index contributed by atoms with van der Waals surface area (Å²) in [4.78, 5) is 39.4. The molecule has 162 valence electrons. The summed E-state index contributed by atoms with van der Waals surface area (Å²) in [5.74, 6) is -0.106. The highest BCUT2D eigenvalue weighted by atomic mass is 16.6. The van der Waals surface area contributed by atoms with Crippen molar-refractivity contribution in [2.45, 2.75) is 39.3 Å². The molecule has 2 amide bonds. The van der Waals surface area contributed by atoms with E-state index in [1.165, 1.54) is 0 Å². The SMILES string of the molecule is CCOC(=O)N1CCC(NC(=O)Cn2c3ccccc3c(=O)c3cc(C)ccc32)CC1. The highest BCUT2D eigenvalue weighted by molar-refractivity contribution is 5.95. The molecular formula is C24H27N3O4. The van der Waals surface area contributed by atoms with Gasteiger partial charge in [-0.3, -0.25) is 9.59 Å². The summed E-state index contributed by atoms with van der Waals surface area (Å²) in [6.45, 7) is 5.35. The Kier molecular flexibility index (Phi) is 5.93. The molecule has 2 heterocycles. The Balaban J connectivity index is 1.55. The predicted octanol–water partition coefficient (Wildman–Crippen LogP) is 3.20. The molecule has 7 nitrogen and oxygen atoms in total. The topological polar surface area (TPSA) is 80.6 Å². The quantitative estimate of drug-likeness (QED) is 0.656. The molecule has 1 aromatic heterocycles. The number of hydrogen-bond donors (Lipinski definition) is 1. The number of hydrogen-bond acceptors (Lipinski definition) is 4. The third kappa shape index (κ3) is 4.26. The molecule has 3 aromatic rings. The number of likely N-dealkylation sites (tertiary alicyclic amines) is 1. The van der Waals surface area contributed by atoms with E-state index in [0.717, 1.165) is 16.6 Å².